The number of carboxylic acid groups (broad SMARTS) is 1. The second-order valence-electron chi connectivity index (χ2n) is 5.55. The van der Waals surface area contributed by atoms with Crippen LogP contribution in [0.2, 0.25) is 0 Å². The average molecular weight is 258 g/mol. The van der Waals surface area contributed by atoms with Gasteiger partial charge in [-0.25, -0.2) is 9.59 Å². The van der Waals surface area contributed by atoms with E-state index in [1.165, 1.54) is 0 Å². The maximum absolute atomic E-state index is 11.6. The Balaban J connectivity index is 2.57. The molecule has 0 aromatic heterocycles. The summed E-state index contributed by atoms with van der Waals surface area (Å²) in [5, 5.41) is 14.8. The number of rotatable bonds is 3. The van der Waals surface area contributed by atoms with Crippen LogP contribution in [-0.4, -0.2) is 41.9 Å². The highest BCUT2D eigenvalue weighted by molar-refractivity contribution is 5.80. The molecule has 104 valence electrons. The van der Waals surface area contributed by atoms with E-state index in [9.17, 15) is 14.7 Å². The van der Waals surface area contributed by atoms with Gasteiger partial charge in [-0.05, 0) is 52.6 Å². The van der Waals surface area contributed by atoms with Crippen molar-refractivity contribution >= 4 is 12.1 Å². The van der Waals surface area contributed by atoms with Crippen molar-refractivity contribution in [3.8, 4) is 0 Å². The summed E-state index contributed by atoms with van der Waals surface area (Å²) >= 11 is 0. The van der Waals surface area contributed by atoms with E-state index in [1.807, 2.05) is 0 Å². The van der Waals surface area contributed by atoms with E-state index < -0.39 is 23.7 Å². The minimum absolute atomic E-state index is 0.0451. The number of aliphatic carboxylic acids is 1. The van der Waals surface area contributed by atoms with Gasteiger partial charge in [0.15, 0.2) is 0 Å². The van der Waals surface area contributed by atoms with Gasteiger partial charge in [-0.3, -0.25) is 0 Å². The molecule has 0 aromatic rings. The number of carbonyl (C=O) groups excluding carboxylic acids is 1. The molecule has 1 fully saturated rings. The molecule has 18 heavy (non-hydrogen) atoms. The molecular formula is C12H22N2O4. The molecule has 1 aliphatic heterocycles. The van der Waals surface area contributed by atoms with Gasteiger partial charge in [0.2, 0.25) is 0 Å². The minimum Gasteiger partial charge on any atom is -0.480 e. The molecule has 0 radical (unpaired) electrons. The molecule has 1 atom stereocenters. The average Bonchev–Trinajstić information content (AvgIpc) is 2.24. The van der Waals surface area contributed by atoms with E-state index in [2.05, 4.69) is 10.6 Å². The summed E-state index contributed by atoms with van der Waals surface area (Å²) in [7, 11) is 0. The van der Waals surface area contributed by atoms with Crippen molar-refractivity contribution in [2.75, 3.05) is 13.1 Å². The van der Waals surface area contributed by atoms with Crippen LogP contribution in [0.15, 0.2) is 0 Å². The Morgan fingerprint density at radius 1 is 1.33 bits per heavy atom. The monoisotopic (exact) mass is 258 g/mol. The third kappa shape index (κ3) is 4.91. The van der Waals surface area contributed by atoms with E-state index in [1.54, 1.807) is 20.8 Å². The van der Waals surface area contributed by atoms with E-state index in [4.69, 9.17) is 4.74 Å². The molecule has 0 aromatic carbocycles. The zero-order valence-electron chi connectivity index (χ0n) is 11.2. The lowest BCUT2D eigenvalue weighted by Gasteiger charge is -2.29. The van der Waals surface area contributed by atoms with Gasteiger partial charge >= 0.3 is 12.1 Å². The Labute approximate surface area is 107 Å². The maximum Gasteiger partial charge on any atom is 0.408 e. The van der Waals surface area contributed by atoms with Crippen molar-refractivity contribution in [1.29, 1.82) is 0 Å². The summed E-state index contributed by atoms with van der Waals surface area (Å²) in [6.45, 7) is 6.79. The first-order chi connectivity index (χ1) is 8.29. The zero-order valence-corrected chi connectivity index (χ0v) is 11.2. The van der Waals surface area contributed by atoms with Gasteiger partial charge in [-0.1, -0.05) is 0 Å². The lowest BCUT2D eigenvalue weighted by atomic mass is 9.90. The van der Waals surface area contributed by atoms with Crippen LogP contribution in [0.4, 0.5) is 4.79 Å². The first-order valence-corrected chi connectivity index (χ1v) is 6.22. The topological polar surface area (TPSA) is 87.7 Å². The first kappa shape index (κ1) is 14.8. The summed E-state index contributed by atoms with van der Waals surface area (Å²) in [4.78, 5) is 22.8. The predicted molar refractivity (Wildman–Crippen MR) is 66.4 cm³/mol. The lowest BCUT2D eigenvalue weighted by Crippen LogP contribution is -2.50. The number of alkyl carbamates (subject to hydrolysis) is 1. The summed E-state index contributed by atoms with van der Waals surface area (Å²) < 4.78 is 5.08. The van der Waals surface area contributed by atoms with E-state index >= 15 is 0 Å². The number of amides is 1. The molecule has 6 nitrogen and oxygen atoms in total. The first-order valence-electron chi connectivity index (χ1n) is 6.22. The van der Waals surface area contributed by atoms with Gasteiger partial charge in [0.25, 0.3) is 0 Å². The third-order valence-electron chi connectivity index (χ3n) is 2.79. The van der Waals surface area contributed by atoms with Gasteiger partial charge in [0, 0.05) is 0 Å². The van der Waals surface area contributed by atoms with Crippen molar-refractivity contribution in [3.05, 3.63) is 0 Å². The summed E-state index contributed by atoms with van der Waals surface area (Å²) in [6.07, 6.45) is 0.813. The standard InChI is InChI=1S/C12H22N2O4/c1-12(2,3)18-11(17)14-9(10(15)16)8-4-6-13-7-5-8/h8-9,13H,4-7H2,1-3H3,(H,14,17)(H,15,16)/t9-/m0/s1. The number of hydrogen-bond acceptors (Lipinski definition) is 4. The number of carboxylic acids is 1. The van der Waals surface area contributed by atoms with Gasteiger partial charge in [-0.2, -0.15) is 0 Å². The number of carbonyl (C=O) groups is 2. The largest absolute Gasteiger partial charge is 0.480 e. The Morgan fingerprint density at radius 2 is 1.89 bits per heavy atom. The maximum atomic E-state index is 11.6. The predicted octanol–water partition coefficient (Wildman–Crippen LogP) is 0.964. The van der Waals surface area contributed by atoms with Crippen LogP contribution in [0, 0.1) is 5.92 Å². The second kappa shape index (κ2) is 6.04. The van der Waals surface area contributed by atoms with Gasteiger partial charge in [0.1, 0.15) is 11.6 Å². The van der Waals surface area contributed by atoms with Crippen LogP contribution in [0.1, 0.15) is 33.6 Å². The van der Waals surface area contributed by atoms with Gasteiger partial charge in [0.05, 0.1) is 0 Å². The number of piperidine rings is 1. The summed E-state index contributed by atoms with van der Waals surface area (Å²) in [5.41, 5.74) is -0.624. The van der Waals surface area contributed by atoms with E-state index in [-0.39, 0.29) is 5.92 Å². The van der Waals surface area contributed by atoms with Crippen molar-refractivity contribution in [3.63, 3.8) is 0 Å². The van der Waals surface area contributed by atoms with Crippen molar-refractivity contribution in [2.24, 2.45) is 5.92 Å². The van der Waals surface area contributed by atoms with Gasteiger partial charge in [-0.15, -0.1) is 0 Å². The molecule has 3 N–H and O–H groups in total. The fourth-order valence-electron chi connectivity index (χ4n) is 1.99. The molecule has 0 unspecified atom stereocenters. The fourth-order valence-corrected chi connectivity index (χ4v) is 1.99. The molecule has 0 aliphatic carbocycles. The molecule has 0 bridgehead atoms. The summed E-state index contributed by atoms with van der Waals surface area (Å²) in [6, 6.07) is -0.873. The highest BCUT2D eigenvalue weighted by Gasteiger charge is 2.32. The second-order valence-corrected chi connectivity index (χ2v) is 5.55. The highest BCUT2D eigenvalue weighted by atomic mass is 16.6. The van der Waals surface area contributed by atoms with Crippen LogP contribution in [-0.2, 0) is 9.53 Å². The van der Waals surface area contributed by atoms with Crippen LogP contribution >= 0.6 is 0 Å². The Kier molecular flexibility index (Phi) is 4.95. The molecule has 0 spiro atoms. The van der Waals surface area contributed by atoms with Crippen LogP contribution in [0.25, 0.3) is 0 Å². The minimum atomic E-state index is -1.01. The lowest BCUT2D eigenvalue weighted by molar-refractivity contribution is -0.141. The molecule has 0 saturated carbocycles. The fraction of sp³-hybridized carbons (Fsp3) is 0.833. The molecule has 1 heterocycles. The van der Waals surface area contributed by atoms with Crippen molar-refractivity contribution in [1.82, 2.24) is 10.6 Å². The number of nitrogens with one attached hydrogen (secondary N) is 2. The van der Waals surface area contributed by atoms with Crippen LogP contribution in [0.3, 0.4) is 0 Å². The Bertz CT molecular complexity index is 306. The van der Waals surface area contributed by atoms with Crippen LogP contribution < -0.4 is 10.6 Å². The molecule has 1 aliphatic rings. The smallest absolute Gasteiger partial charge is 0.408 e. The number of ether oxygens (including phenoxy) is 1. The third-order valence-corrected chi connectivity index (χ3v) is 2.79. The molecule has 1 rings (SSSR count). The normalized spacial score (nSPS) is 19.1. The quantitative estimate of drug-likeness (QED) is 0.702. The van der Waals surface area contributed by atoms with Gasteiger partial charge < -0.3 is 20.5 Å². The SMILES string of the molecule is CC(C)(C)OC(=O)N[C@H](C(=O)O)C1CCNCC1. The van der Waals surface area contributed by atoms with Crippen LogP contribution in [0.5, 0.6) is 0 Å². The van der Waals surface area contributed by atoms with Crippen molar-refractivity contribution in [2.45, 2.75) is 45.3 Å². The molecular weight excluding hydrogens is 236 g/mol. The number of hydrogen-bond donors (Lipinski definition) is 3. The van der Waals surface area contributed by atoms with E-state index in [0.717, 1.165) is 25.9 Å². The zero-order chi connectivity index (χ0) is 13.8. The van der Waals surface area contributed by atoms with E-state index in [0.29, 0.717) is 0 Å². The van der Waals surface area contributed by atoms with Crippen molar-refractivity contribution < 1.29 is 19.4 Å². The highest BCUT2D eigenvalue weighted by Crippen LogP contribution is 2.17. The molecule has 6 heteroatoms. The summed E-state index contributed by atoms with van der Waals surface area (Å²) in [5.74, 6) is -1.05. The Morgan fingerprint density at radius 3 is 2.33 bits per heavy atom. The molecule has 1 amide bonds. The Hall–Kier alpha value is -1.30. The molecule has 1 saturated heterocycles.